The van der Waals surface area contributed by atoms with Crippen LogP contribution in [0.3, 0.4) is 0 Å². The second-order valence-corrected chi connectivity index (χ2v) is 5.63. The average molecular weight is 290 g/mol. The Hall–Kier alpha value is -2.04. The molecule has 0 aromatic heterocycles. The van der Waals surface area contributed by atoms with Crippen LogP contribution < -0.4 is 10.2 Å². The highest BCUT2D eigenvalue weighted by atomic mass is 16.4. The number of hydrogen-bond acceptors (Lipinski definition) is 3. The molecule has 1 aromatic carbocycles. The predicted octanol–water partition coefficient (Wildman–Crippen LogP) is 1.94. The molecule has 1 aliphatic rings. The zero-order chi connectivity index (χ0) is 15.2. The molecular weight excluding hydrogens is 268 g/mol. The lowest BCUT2D eigenvalue weighted by atomic mass is 10.2. The second kappa shape index (κ2) is 7.11. The van der Waals surface area contributed by atoms with E-state index >= 15 is 0 Å². The first-order chi connectivity index (χ1) is 10.0. The Balaban J connectivity index is 1.99. The minimum atomic E-state index is -0.941. The zero-order valence-electron chi connectivity index (χ0n) is 12.3. The minimum absolute atomic E-state index is 0.0753. The van der Waals surface area contributed by atoms with E-state index in [-0.39, 0.29) is 25.0 Å². The van der Waals surface area contributed by atoms with Crippen LogP contribution in [-0.2, 0) is 9.59 Å². The van der Waals surface area contributed by atoms with Crippen molar-refractivity contribution in [2.24, 2.45) is 0 Å². The molecule has 0 bridgehead atoms. The van der Waals surface area contributed by atoms with Crippen molar-refractivity contribution in [1.29, 1.82) is 0 Å². The number of carboxylic acids is 1. The van der Waals surface area contributed by atoms with E-state index in [1.54, 1.807) is 4.90 Å². The van der Waals surface area contributed by atoms with Gasteiger partial charge >= 0.3 is 5.97 Å². The van der Waals surface area contributed by atoms with Crippen molar-refractivity contribution in [3.63, 3.8) is 0 Å². The Bertz CT molecular complexity index is 493. The van der Waals surface area contributed by atoms with Gasteiger partial charge in [0.05, 0.1) is 6.54 Å². The number of rotatable bonds is 6. The van der Waals surface area contributed by atoms with Gasteiger partial charge in [-0.2, -0.15) is 0 Å². The van der Waals surface area contributed by atoms with E-state index in [1.807, 2.05) is 31.2 Å². The number of aryl methyl sites for hydroxylation is 1. The van der Waals surface area contributed by atoms with Crippen molar-refractivity contribution in [1.82, 2.24) is 5.32 Å². The van der Waals surface area contributed by atoms with Crippen LogP contribution in [0.25, 0.3) is 0 Å². The lowest BCUT2D eigenvalue weighted by Gasteiger charge is -2.23. The standard InChI is InChI=1S/C16H22N2O3/c1-12-6-8-14(9-7-12)18(11-16(20)21)10-15(19)17-13-4-2-3-5-13/h6-9,13H,2-5,10-11H2,1H3,(H,17,19)(H,20,21). The molecule has 0 atom stereocenters. The van der Waals surface area contributed by atoms with Crippen LogP contribution in [0.5, 0.6) is 0 Å². The van der Waals surface area contributed by atoms with E-state index in [4.69, 9.17) is 5.11 Å². The van der Waals surface area contributed by atoms with Gasteiger partial charge < -0.3 is 15.3 Å². The van der Waals surface area contributed by atoms with Gasteiger partial charge in [-0.25, -0.2) is 0 Å². The van der Waals surface area contributed by atoms with Crippen molar-refractivity contribution in [3.8, 4) is 0 Å². The van der Waals surface area contributed by atoms with Crippen LogP contribution in [0.4, 0.5) is 5.69 Å². The third-order valence-corrected chi connectivity index (χ3v) is 3.78. The van der Waals surface area contributed by atoms with Gasteiger partial charge in [-0.1, -0.05) is 30.5 Å². The Morgan fingerprint density at radius 1 is 1.19 bits per heavy atom. The molecule has 1 aliphatic carbocycles. The number of nitrogens with zero attached hydrogens (tertiary/aromatic N) is 1. The van der Waals surface area contributed by atoms with Crippen molar-refractivity contribution in [3.05, 3.63) is 29.8 Å². The van der Waals surface area contributed by atoms with Crippen LogP contribution in [0.15, 0.2) is 24.3 Å². The first-order valence-electron chi connectivity index (χ1n) is 7.37. The van der Waals surface area contributed by atoms with E-state index in [1.165, 1.54) is 0 Å². The molecule has 1 fully saturated rings. The largest absolute Gasteiger partial charge is 0.480 e. The molecule has 5 heteroatoms. The van der Waals surface area contributed by atoms with Gasteiger partial charge in [0.15, 0.2) is 0 Å². The molecule has 2 rings (SSSR count). The van der Waals surface area contributed by atoms with Gasteiger partial charge in [0.2, 0.25) is 5.91 Å². The summed E-state index contributed by atoms with van der Waals surface area (Å²) < 4.78 is 0. The Labute approximate surface area is 125 Å². The summed E-state index contributed by atoms with van der Waals surface area (Å²) in [5, 5.41) is 12.0. The summed E-state index contributed by atoms with van der Waals surface area (Å²) in [6.07, 6.45) is 4.36. The van der Waals surface area contributed by atoms with Gasteiger partial charge in [-0.3, -0.25) is 9.59 Å². The SMILES string of the molecule is Cc1ccc(N(CC(=O)O)CC(=O)NC2CCCC2)cc1. The number of anilines is 1. The summed E-state index contributed by atoms with van der Waals surface area (Å²) in [7, 11) is 0. The summed E-state index contributed by atoms with van der Waals surface area (Å²) in [5.41, 5.74) is 1.86. The van der Waals surface area contributed by atoms with Gasteiger partial charge in [-0.05, 0) is 31.9 Å². The van der Waals surface area contributed by atoms with E-state index < -0.39 is 5.97 Å². The molecule has 21 heavy (non-hydrogen) atoms. The summed E-state index contributed by atoms with van der Waals surface area (Å²) >= 11 is 0. The molecule has 1 aromatic rings. The van der Waals surface area contributed by atoms with Crippen LogP contribution in [0, 0.1) is 6.92 Å². The molecule has 1 amide bonds. The molecule has 0 radical (unpaired) electrons. The van der Waals surface area contributed by atoms with Crippen LogP contribution in [-0.4, -0.2) is 36.1 Å². The number of aliphatic carboxylic acids is 1. The smallest absolute Gasteiger partial charge is 0.323 e. The Morgan fingerprint density at radius 2 is 1.81 bits per heavy atom. The topological polar surface area (TPSA) is 69.6 Å². The number of carboxylic acid groups (broad SMARTS) is 1. The van der Waals surface area contributed by atoms with Crippen LogP contribution in [0.2, 0.25) is 0 Å². The highest BCUT2D eigenvalue weighted by molar-refractivity contribution is 5.84. The number of nitrogens with one attached hydrogen (secondary N) is 1. The quantitative estimate of drug-likeness (QED) is 0.840. The molecule has 1 saturated carbocycles. The summed E-state index contributed by atoms with van der Waals surface area (Å²) in [6, 6.07) is 7.78. The third-order valence-electron chi connectivity index (χ3n) is 3.78. The van der Waals surface area contributed by atoms with Crippen molar-refractivity contribution in [2.75, 3.05) is 18.0 Å². The number of carbonyl (C=O) groups is 2. The average Bonchev–Trinajstić information content (AvgIpc) is 2.91. The number of hydrogen-bond donors (Lipinski definition) is 2. The van der Waals surface area contributed by atoms with Gasteiger partial charge in [0, 0.05) is 11.7 Å². The molecule has 2 N–H and O–H groups in total. The molecule has 114 valence electrons. The number of carbonyl (C=O) groups excluding carboxylic acids is 1. The lowest BCUT2D eigenvalue weighted by molar-refractivity contribution is -0.135. The third kappa shape index (κ3) is 4.77. The fourth-order valence-electron chi connectivity index (χ4n) is 2.67. The Morgan fingerprint density at radius 3 is 2.38 bits per heavy atom. The maximum absolute atomic E-state index is 12.1. The highest BCUT2D eigenvalue weighted by Crippen LogP contribution is 2.18. The van der Waals surface area contributed by atoms with Gasteiger partial charge in [0.1, 0.15) is 6.54 Å². The van der Waals surface area contributed by atoms with Crippen molar-refractivity contribution >= 4 is 17.6 Å². The molecule has 5 nitrogen and oxygen atoms in total. The van der Waals surface area contributed by atoms with E-state index in [0.29, 0.717) is 0 Å². The Kier molecular flexibility index (Phi) is 5.20. The normalized spacial score (nSPS) is 14.9. The van der Waals surface area contributed by atoms with Crippen LogP contribution in [0.1, 0.15) is 31.2 Å². The maximum Gasteiger partial charge on any atom is 0.323 e. The maximum atomic E-state index is 12.1. The molecule has 0 aliphatic heterocycles. The molecule has 0 spiro atoms. The summed E-state index contributed by atoms with van der Waals surface area (Å²) in [6.45, 7) is 1.87. The molecular formula is C16H22N2O3. The number of amides is 1. The lowest BCUT2D eigenvalue weighted by Crippen LogP contribution is -2.43. The van der Waals surface area contributed by atoms with E-state index in [2.05, 4.69) is 5.32 Å². The van der Waals surface area contributed by atoms with E-state index in [9.17, 15) is 9.59 Å². The summed E-state index contributed by atoms with van der Waals surface area (Å²) in [4.78, 5) is 24.7. The van der Waals surface area contributed by atoms with Crippen LogP contribution >= 0.6 is 0 Å². The molecule has 0 saturated heterocycles. The van der Waals surface area contributed by atoms with E-state index in [0.717, 1.165) is 36.9 Å². The zero-order valence-corrected chi connectivity index (χ0v) is 12.3. The molecule has 0 heterocycles. The fraction of sp³-hybridized carbons (Fsp3) is 0.500. The highest BCUT2D eigenvalue weighted by Gasteiger charge is 2.20. The first kappa shape index (κ1) is 15.4. The summed E-state index contributed by atoms with van der Waals surface area (Å²) in [5.74, 6) is -1.05. The number of benzene rings is 1. The van der Waals surface area contributed by atoms with Gasteiger partial charge in [-0.15, -0.1) is 0 Å². The minimum Gasteiger partial charge on any atom is -0.480 e. The first-order valence-corrected chi connectivity index (χ1v) is 7.37. The second-order valence-electron chi connectivity index (χ2n) is 5.63. The monoisotopic (exact) mass is 290 g/mol. The van der Waals surface area contributed by atoms with Crippen molar-refractivity contribution in [2.45, 2.75) is 38.6 Å². The van der Waals surface area contributed by atoms with Gasteiger partial charge in [0.25, 0.3) is 0 Å². The predicted molar refractivity (Wildman–Crippen MR) is 81.4 cm³/mol. The fourth-order valence-corrected chi connectivity index (χ4v) is 2.67. The van der Waals surface area contributed by atoms with Crippen molar-refractivity contribution < 1.29 is 14.7 Å². The molecule has 0 unspecified atom stereocenters.